The number of aliphatic hydroxyl groups excluding tert-OH is 1. The Hall–Kier alpha value is -0.800. The number of hydrogen-bond acceptors (Lipinski definition) is 3. The van der Waals surface area contributed by atoms with Crippen LogP contribution >= 0.6 is 0 Å². The Morgan fingerprint density at radius 2 is 2.15 bits per heavy atom. The molecule has 0 fully saturated rings. The lowest BCUT2D eigenvalue weighted by atomic mass is 10.3. The van der Waals surface area contributed by atoms with Crippen LogP contribution in [0.1, 0.15) is 25.4 Å². The number of rotatable bonds is 5. The lowest BCUT2D eigenvalue weighted by Crippen LogP contribution is -2.28. The van der Waals surface area contributed by atoms with Crippen LogP contribution in [0.25, 0.3) is 0 Å². The molecule has 0 aliphatic carbocycles. The summed E-state index contributed by atoms with van der Waals surface area (Å²) in [5.41, 5.74) is 0. The lowest BCUT2D eigenvalue weighted by molar-refractivity contribution is 0.248. The standard InChI is InChI=1S/C10H17NO2/c1-3-9-4-5-10(13-9)6-11-8(2)7-12/h4-5,8,11-12H,3,6-7H2,1-2H3/t8-/m1/s1. The van der Waals surface area contributed by atoms with E-state index in [1.807, 2.05) is 19.1 Å². The molecular formula is C10H17NO2. The molecule has 0 amide bonds. The molecule has 1 heterocycles. The molecule has 1 rings (SSSR count). The molecule has 3 nitrogen and oxygen atoms in total. The molecule has 1 aromatic rings. The highest BCUT2D eigenvalue weighted by Gasteiger charge is 2.02. The van der Waals surface area contributed by atoms with Gasteiger partial charge in [0.15, 0.2) is 0 Å². The Labute approximate surface area is 78.8 Å². The van der Waals surface area contributed by atoms with Crippen LogP contribution in [0, 0.1) is 0 Å². The highest BCUT2D eigenvalue weighted by Crippen LogP contribution is 2.07. The Balaban J connectivity index is 2.36. The van der Waals surface area contributed by atoms with E-state index in [1.165, 1.54) is 0 Å². The van der Waals surface area contributed by atoms with E-state index >= 15 is 0 Å². The molecule has 2 N–H and O–H groups in total. The molecule has 0 saturated heterocycles. The highest BCUT2D eigenvalue weighted by molar-refractivity contribution is 5.06. The van der Waals surface area contributed by atoms with E-state index in [9.17, 15) is 0 Å². The first kappa shape index (κ1) is 10.3. The summed E-state index contributed by atoms with van der Waals surface area (Å²) in [6.07, 6.45) is 0.926. The third-order valence-electron chi connectivity index (χ3n) is 1.96. The third kappa shape index (κ3) is 3.20. The molecule has 74 valence electrons. The summed E-state index contributed by atoms with van der Waals surface area (Å²) in [5, 5.41) is 11.9. The quantitative estimate of drug-likeness (QED) is 0.723. The predicted octanol–water partition coefficient (Wildman–Crippen LogP) is 1.31. The first-order valence-corrected chi connectivity index (χ1v) is 4.68. The molecule has 0 saturated carbocycles. The van der Waals surface area contributed by atoms with Gasteiger partial charge in [-0.1, -0.05) is 6.92 Å². The van der Waals surface area contributed by atoms with Crippen molar-refractivity contribution in [2.75, 3.05) is 6.61 Å². The minimum Gasteiger partial charge on any atom is -0.465 e. The van der Waals surface area contributed by atoms with Crippen molar-refractivity contribution in [2.24, 2.45) is 0 Å². The normalized spacial score (nSPS) is 13.2. The zero-order valence-electron chi connectivity index (χ0n) is 8.21. The Bertz CT molecular complexity index is 245. The second-order valence-corrected chi connectivity index (χ2v) is 3.19. The molecule has 1 atom stereocenters. The summed E-state index contributed by atoms with van der Waals surface area (Å²) in [6, 6.07) is 4.08. The van der Waals surface area contributed by atoms with Crippen LogP contribution in [0.15, 0.2) is 16.5 Å². The van der Waals surface area contributed by atoms with Crippen LogP contribution < -0.4 is 5.32 Å². The van der Waals surface area contributed by atoms with Crippen LogP contribution in [-0.4, -0.2) is 17.8 Å². The van der Waals surface area contributed by atoms with Crippen molar-refractivity contribution in [3.05, 3.63) is 23.7 Å². The number of aliphatic hydroxyl groups is 1. The van der Waals surface area contributed by atoms with Crippen LogP contribution in [0.3, 0.4) is 0 Å². The molecule has 0 aliphatic heterocycles. The minimum absolute atomic E-state index is 0.121. The van der Waals surface area contributed by atoms with E-state index in [2.05, 4.69) is 12.2 Å². The zero-order chi connectivity index (χ0) is 9.68. The molecule has 0 bridgehead atoms. The van der Waals surface area contributed by atoms with Gasteiger partial charge in [-0.3, -0.25) is 0 Å². The van der Waals surface area contributed by atoms with Gasteiger partial charge in [0.05, 0.1) is 13.2 Å². The maximum atomic E-state index is 8.77. The van der Waals surface area contributed by atoms with E-state index in [0.29, 0.717) is 6.54 Å². The molecule has 0 aliphatic rings. The second-order valence-electron chi connectivity index (χ2n) is 3.19. The molecule has 3 heteroatoms. The third-order valence-corrected chi connectivity index (χ3v) is 1.96. The van der Waals surface area contributed by atoms with Crippen molar-refractivity contribution in [3.63, 3.8) is 0 Å². The van der Waals surface area contributed by atoms with Crippen molar-refractivity contribution in [1.82, 2.24) is 5.32 Å². The molecule has 1 aromatic heterocycles. The molecule has 13 heavy (non-hydrogen) atoms. The topological polar surface area (TPSA) is 45.4 Å². The van der Waals surface area contributed by atoms with Crippen LogP contribution in [0.2, 0.25) is 0 Å². The van der Waals surface area contributed by atoms with Gasteiger partial charge in [-0.2, -0.15) is 0 Å². The summed E-state index contributed by atoms with van der Waals surface area (Å²) < 4.78 is 5.48. The first-order valence-electron chi connectivity index (χ1n) is 4.68. The van der Waals surface area contributed by atoms with Gasteiger partial charge in [0.25, 0.3) is 0 Å². The van der Waals surface area contributed by atoms with Crippen molar-refractivity contribution in [2.45, 2.75) is 32.9 Å². The number of furan rings is 1. The largest absolute Gasteiger partial charge is 0.465 e. The highest BCUT2D eigenvalue weighted by atomic mass is 16.3. The van der Waals surface area contributed by atoms with E-state index < -0.39 is 0 Å². The van der Waals surface area contributed by atoms with E-state index in [1.54, 1.807) is 0 Å². The van der Waals surface area contributed by atoms with Crippen molar-refractivity contribution in [1.29, 1.82) is 0 Å². The summed E-state index contributed by atoms with van der Waals surface area (Å²) >= 11 is 0. The van der Waals surface area contributed by atoms with E-state index in [0.717, 1.165) is 17.9 Å². The van der Waals surface area contributed by atoms with Crippen LogP contribution in [0.4, 0.5) is 0 Å². The average Bonchev–Trinajstić information content (AvgIpc) is 2.61. The first-order chi connectivity index (χ1) is 6.26. The average molecular weight is 183 g/mol. The summed E-state index contributed by atoms with van der Waals surface area (Å²) in [7, 11) is 0. The molecule has 0 radical (unpaired) electrons. The molecular weight excluding hydrogens is 166 g/mol. The monoisotopic (exact) mass is 183 g/mol. The van der Waals surface area contributed by atoms with Crippen molar-refractivity contribution >= 4 is 0 Å². The molecule has 0 unspecified atom stereocenters. The maximum absolute atomic E-state index is 8.77. The SMILES string of the molecule is CCc1ccc(CN[C@H](C)CO)o1. The lowest BCUT2D eigenvalue weighted by Gasteiger charge is -2.08. The van der Waals surface area contributed by atoms with Crippen molar-refractivity contribution in [3.8, 4) is 0 Å². The fraction of sp³-hybridized carbons (Fsp3) is 0.600. The Morgan fingerprint density at radius 3 is 2.69 bits per heavy atom. The maximum Gasteiger partial charge on any atom is 0.117 e. The van der Waals surface area contributed by atoms with Gasteiger partial charge < -0.3 is 14.8 Å². The Kier molecular flexibility index (Phi) is 3.99. The fourth-order valence-electron chi connectivity index (χ4n) is 1.05. The smallest absolute Gasteiger partial charge is 0.117 e. The summed E-state index contributed by atoms with van der Waals surface area (Å²) in [5.74, 6) is 1.94. The second kappa shape index (κ2) is 5.04. The Morgan fingerprint density at radius 1 is 1.46 bits per heavy atom. The van der Waals surface area contributed by atoms with E-state index in [-0.39, 0.29) is 12.6 Å². The van der Waals surface area contributed by atoms with Gasteiger partial charge in [-0.05, 0) is 19.1 Å². The van der Waals surface area contributed by atoms with Crippen LogP contribution in [-0.2, 0) is 13.0 Å². The number of nitrogens with one attached hydrogen (secondary N) is 1. The van der Waals surface area contributed by atoms with Gasteiger partial charge >= 0.3 is 0 Å². The zero-order valence-corrected chi connectivity index (χ0v) is 8.21. The van der Waals surface area contributed by atoms with Crippen molar-refractivity contribution < 1.29 is 9.52 Å². The molecule has 0 spiro atoms. The van der Waals surface area contributed by atoms with Crippen LogP contribution in [0.5, 0.6) is 0 Å². The van der Waals surface area contributed by atoms with Gasteiger partial charge in [0.2, 0.25) is 0 Å². The van der Waals surface area contributed by atoms with Gasteiger partial charge in [-0.15, -0.1) is 0 Å². The number of hydrogen-bond donors (Lipinski definition) is 2. The fourth-order valence-corrected chi connectivity index (χ4v) is 1.05. The number of aryl methyl sites for hydroxylation is 1. The summed E-state index contributed by atoms with van der Waals surface area (Å²) in [4.78, 5) is 0. The van der Waals surface area contributed by atoms with E-state index in [4.69, 9.17) is 9.52 Å². The van der Waals surface area contributed by atoms with Gasteiger partial charge in [0, 0.05) is 12.5 Å². The predicted molar refractivity (Wildman–Crippen MR) is 51.5 cm³/mol. The molecule has 0 aromatic carbocycles. The van der Waals surface area contributed by atoms with Gasteiger partial charge in [0.1, 0.15) is 11.5 Å². The summed E-state index contributed by atoms with van der Waals surface area (Å²) in [6.45, 7) is 4.83. The minimum atomic E-state index is 0.121. The van der Waals surface area contributed by atoms with Gasteiger partial charge in [-0.25, -0.2) is 0 Å².